The van der Waals surface area contributed by atoms with E-state index < -0.39 is 6.10 Å². The Kier molecular flexibility index (Phi) is 4.93. The van der Waals surface area contributed by atoms with E-state index in [9.17, 15) is 9.59 Å². The van der Waals surface area contributed by atoms with Crippen molar-refractivity contribution in [3.63, 3.8) is 0 Å². The summed E-state index contributed by atoms with van der Waals surface area (Å²) in [7, 11) is 3.32. The fraction of sp³-hybridized carbons (Fsp3) is 0.833. The SMILES string of the molecule is COC(C(=O)N1CCC(=O)N(C)CC1)C(C)C. The minimum atomic E-state index is -0.409. The van der Waals surface area contributed by atoms with Crippen molar-refractivity contribution in [2.45, 2.75) is 26.4 Å². The van der Waals surface area contributed by atoms with Crippen LogP contribution in [0, 0.1) is 5.92 Å². The average molecular weight is 242 g/mol. The molecule has 1 heterocycles. The number of methoxy groups -OCH3 is 1. The molecule has 1 fully saturated rings. The fourth-order valence-electron chi connectivity index (χ4n) is 1.99. The summed E-state index contributed by atoms with van der Waals surface area (Å²) >= 11 is 0. The number of ether oxygens (including phenoxy) is 1. The maximum atomic E-state index is 12.2. The highest BCUT2D eigenvalue weighted by Gasteiger charge is 2.29. The van der Waals surface area contributed by atoms with Crippen LogP contribution in [0.15, 0.2) is 0 Å². The quantitative estimate of drug-likeness (QED) is 0.717. The van der Waals surface area contributed by atoms with E-state index >= 15 is 0 Å². The topological polar surface area (TPSA) is 49.9 Å². The van der Waals surface area contributed by atoms with Crippen molar-refractivity contribution in [2.75, 3.05) is 33.8 Å². The van der Waals surface area contributed by atoms with Gasteiger partial charge in [0.25, 0.3) is 5.91 Å². The van der Waals surface area contributed by atoms with Crippen molar-refractivity contribution < 1.29 is 14.3 Å². The summed E-state index contributed by atoms with van der Waals surface area (Å²) in [5, 5.41) is 0. The van der Waals surface area contributed by atoms with Crippen LogP contribution in [-0.4, -0.2) is 61.5 Å². The second-order valence-corrected chi connectivity index (χ2v) is 4.79. The Morgan fingerprint density at radius 1 is 1.29 bits per heavy atom. The summed E-state index contributed by atoms with van der Waals surface area (Å²) < 4.78 is 5.23. The van der Waals surface area contributed by atoms with Crippen LogP contribution in [0.2, 0.25) is 0 Å². The molecule has 0 bridgehead atoms. The van der Waals surface area contributed by atoms with Gasteiger partial charge in [-0.1, -0.05) is 13.8 Å². The number of amides is 2. The molecular formula is C12H22N2O3. The zero-order valence-electron chi connectivity index (χ0n) is 11.1. The van der Waals surface area contributed by atoms with E-state index in [1.165, 1.54) is 0 Å². The van der Waals surface area contributed by atoms with Gasteiger partial charge in [0.05, 0.1) is 0 Å². The highest BCUT2D eigenvalue weighted by atomic mass is 16.5. The molecule has 1 unspecified atom stereocenters. The van der Waals surface area contributed by atoms with Crippen LogP contribution >= 0.6 is 0 Å². The number of hydrogen-bond donors (Lipinski definition) is 0. The molecule has 98 valence electrons. The van der Waals surface area contributed by atoms with Gasteiger partial charge in [-0.3, -0.25) is 9.59 Å². The van der Waals surface area contributed by atoms with Gasteiger partial charge in [-0.2, -0.15) is 0 Å². The van der Waals surface area contributed by atoms with Gasteiger partial charge in [-0.15, -0.1) is 0 Å². The minimum Gasteiger partial charge on any atom is -0.371 e. The van der Waals surface area contributed by atoms with Crippen molar-refractivity contribution in [3.8, 4) is 0 Å². The highest BCUT2D eigenvalue weighted by Crippen LogP contribution is 2.12. The summed E-state index contributed by atoms with van der Waals surface area (Å²) in [5.74, 6) is 0.230. The second-order valence-electron chi connectivity index (χ2n) is 4.79. The lowest BCUT2D eigenvalue weighted by Crippen LogP contribution is -2.44. The summed E-state index contributed by atoms with van der Waals surface area (Å²) in [6, 6.07) is 0. The first-order valence-electron chi connectivity index (χ1n) is 6.03. The molecule has 17 heavy (non-hydrogen) atoms. The molecule has 0 spiro atoms. The van der Waals surface area contributed by atoms with E-state index in [0.717, 1.165) is 0 Å². The van der Waals surface area contributed by atoms with Crippen molar-refractivity contribution in [2.24, 2.45) is 5.92 Å². The van der Waals surface area contributed by atoms with E-state index in [2.05, 4.69) is 0 Å². The second kappa shape index (κ2) is 6.00. The Hall–Kier alpha value is -1.10. The highest BCUT2D eigenvalue weighted by molar-refractivity contribution is 5.83. The number of likely N-dealkylation sites (N-methyl/N-ethyl adjacent to an activating group) is 1. The zero-order valence-corrected chi connectivity index (χ0v) is 11.1. The van der Waals surface area contributed by atoms with Crippen molar-refractivity contribution in [1.82, 2.24) is 9.80 Å². The van der Waals surface area contributed by atoms with E-state index in [1.54, 1.807) is 24.0 Å². The summed E-state index contributed by atoms with van der Waals surface area (Å²) in [6.07, 6.45) is -0.00922. The molecule has 0 aromatic rings. The van der Waals surface area contributed by atoms with Gasteiger partial charge in [-0.05, 0) is 5.92 Å². The van der Waals surface area contributed by atoms with E-state index in [1.807, 2.05) is 13.8 Å². The number of rotatable bonds is 3. The van der Waals surface area contributed by atoms with Gasteiger partial charge in [0.15, 0.2) is 0 Å². The summed E-state index contributed by atoms with van der Waals surface area (Å²) in [5.41, 5.74) is 0. The first kappa shape index (κ1) is 14.0. The molecule has 0 radical (unpaired) electrons. The predicted octanol–water partition coefficient (Wildman–Crippen LogP) is 0.348. The van der Waals surface area contributed by atoms with E-state index in [0.29, 0.717) is 26.1 Å². The van der Waals surface area contributed by atoms with Gasteiger partial charge in [0.2, 0.25) is 5.91 Å². The third-order valence-corrected chi connectivity index (χ3v) is 3.14. The van der Waals surface area contributed by atoms with Crippen LogP contribution < -0.4 is 0 Å². The average Bonchev–Trinajstić information content (AvgIpc) is 2.43. The Balaban J connectivity index is 2.66. The Morgan fingerprint density at radius 2 is 1.94 bits per heavy atom. The molecule has 1 aliphatic heterocycles. The molecule has 0 aromatic heterocycles. The Labute approximate surface area is 103 Å². The van der Waals surface area contributed by atoms with Crippen LogP contribution in [-0.2, 0) is 14.3 Å². The number of carbonyl (C=O) groups excluding carboxylic acids is 2. The lowest BCUT2D eigenvalue weighted by atomic mass is 10.1. The normalized spacial score (nSPS) is 19.5. The molecular weight excluding hydrogens is 220 g/mol. The van der Waals surface area contributed by atoms with Gasteiger partial charge < -0.3 is 14.5 Å². The molecule has 5 nitrogen and oxygen atoms in total. The molecule has 0 aromatic carbocycles. The van der Waals surface area contributed by atoms with Gasteiger partial charge in [-0.25, -0.2) is 0 Å². The molecule has 1 saturated heterocycles. The van der Waals surface area contributed by atoms with Crippen molar-refractivity contribution in [3.05, 3.63) is 0 Å². The maximum Gasteiger partial charge on any atom is 0.252 e. The lowest BCUT2D eigenvalue weighted by Gasteiger charge is -2.27. The lowest BCUT2D eigenvalue weighted by molar-refractivity contribution is -0.144. The number of nitrogens with zero attached hydrogens (tertiary/aromatic N) is 2. The summed E-state index contributed by atoms with van der Waals surface area (Å²) in [4.78, 5) is 27.1. The van der Waals surface area contributed by atoms with Crippen LogP contribution in [0.3, 0.4) is 0 Å². The fourth-order valence-corrected chi connectivity index (χ4v) is 1.99. The molecule has 1 rings (SSSR count). The van der Waals surface area contributed by atoms with E-state index in [-0.39, 0.29) is 17.7 Å². The monoisotopic (exact) mass is 242 g/mol. The van der Waals surface area contributed by atoms with Crippen LogP contribution in [0.25, 0.3) is 0 Å². The third-order valence-electron chi connectivity index (χ3n) is 3.14. The summed E-state index contributed by atoms with van der Waals surface area (Å²) in [6.45, 7) is 5.60. The van der Waals surface area contributed by atoms with Crippen molar-refractivity contribution >= 4 is 11.8 Å². The number of hydrogen-bond acceptors (Lipinski definition) is 3. The Morgan fingerprint density at radius 3 is 2.47 bits per heavy atom. The molecule has 2 amide bonds. The first-order chi connectivity index (χ1) is 7.97. The van der Waals surface area contributed by atoms with E-state index in [4.69, 9.17) is 4.74 Å². The van der Waals surface area contributed by atoms with Crippen LogP contribution in [0.1, 0.15) is 20.3 Å². The standard InChI is InChI=1S/C12H22N2O3/c1-9(2)11(17-4)12(16)14-6-5-10(15)13(3)7-8-14/h9,11H,5-8H2,1-4H3. The Bertz CT molecular complexity index is 291. The molecule has 1 aliphatic rings. The molecule has 1 atom stereocenters. The van der Waals surface area contributed by atoms with Crippen LogP contribution in [0.4, 0.5) is 0 Å². The third kappa shape index (κ3) is 3.43. The molecule has 0 saturated carbocycles. The van der Waals surface area contributed by atoms with Gasteiger partial charge >= 0.3 is 0 Å². The zero-order chi connectivity index (χ0) is 13.0. The number of carbonyl (C=O) groups is 2. The van der Waals surface area contributed by atoms with Crippen molar-refractivity contribution in [1.29, 1.82) is 0 Å². The van der Waals surface area contributed by atoms with Crippen LogP contribution in [0.5, 0.6) is 0 Å². The molecule has 0 aliphatic carbocycles. The smallest absolute Gasteiger partial charge is 0.252 e. The molecule has 0 N–H and O–H groups in total. The maximum absolute atomic E-state index is 12.2. The minimum absolute atomic E-state index is 0.00870. The van der Waals surface area contributed by atoms with Gasteiger partial charge in [0.1, 0.15) is 6.10 Å². The molecule has 5 heteroatoms. The van der Waals surface area contributed by atoms with Gasteiger partial charge in [0, 0.05) is 40.2 Å². The first-order valence-corrected chi connectivity index (χ1v) is 6.03. The largest absolute Gasteiger partial charge is 0.371 e. The predicted molar refractivity (Wildman–Crippen MR) is 64.5 cm³/mol.